The Morgan fingerprint density at radius 2 is 1.57 bits per heavy atom. The minimum Gasteiger partial charge on any atom is -0.379 e. The van der Waals surface area contributed by atoms with Crippen LogP contribution in [0, 0.1) is 5.92 Å². The molecule has 0 unspecified atom stereocenters. The van der Waals surface area contributed by atoms with Crippen LogP contribution in [0.15, 0.2) is 0 Å². The molecule has 0 radical (unpaired) electrons. The summed E-state index contributed by atoms with van der Waals surface area (Å²) in [5.74, 6) is 0.547. The van der Waals surface area contributed by atoms with Gasteiger partial charge in [-0.2, -0.15) is 13.2 Å². The molecule has 86 valence electrons. The van der Waals surface area contributed by atoms with Crippen molar-refractivity contribution in [2.75, 3.05) is 26.4 Å². The molecule has 5 heteroatoms. The van der Waals surface area contributed by atoms with Gasteiger partial charge in [0.25, 0.3) is 0 Å². The van der Waals surface area contributed by atoms with Crippen molar-refractivity contribution in [2.45, 2.75) is 26.4 Å². The summed E-state index contributed by atoms with van der Waals surface area (Å²) in [4.78, 5) is 0. The van der Waals surface area contributed by atoms with E-state index in [1.807, 2.05) is 0 Å². The zero-order chi connectivity index (χ0) is 11.0. The fourth-order valence-electron chi connectivity index (χ4n) is 0.727. The van der Waals surface area contributed by atoms with Crippen molar-refractivity contribution in [1.82, 2.24) is 0 Å². The summed E-state index contributed by atoms with van der Waals surface area (Å²) in [7, 11) is 0. The average Bonchev–Trinajstić information content (AvgIpc) is 2.00. The topological polar surface area (TPSA) is 18.5 Å². The molecule has 0 bridgehead atoms. The number of hydrogen-bond donors (Lipinski definition) is 0. The Morgan fingerprint density at radius 3 is 2.07 bits per heavy atom. The lowest BCUT2D eigenvalue weighted by atomic mass is 10.1. The summed E-state index contributed by atoms with van der Waals surface area (Å²) in [5.41, 5.74) is 0. The van der Waals surface area contributed by atoms with Gasteiger partial charge in [0.15, 0.2) is 0 Å². The normalized spacial score (nSPS) is 12.4. The van der Waals surface area contributed by atoms with Crippen molar-refractivity contribution < 1.29 is 22.6 Å². The summed E-state index contributed by atoms with van der Waals surface area (Å²) in [6, 6.07) is 0. The third-order valence-electron chi connectivity index (χ3n) is 1.48. The summed E-state index contributed by atoms with van der Waals surface area (Å²) in [5, 5.41) is 0. The fourth-order valence-corrected chi connectivity index (χ4v) is 0.727. The molecule has 0 aromatic carbocycles. The lowest BCUT2D eigenvalue weighted by molar-refractivity contribution is -0.176. The molecule has 0 rings (SSSR count). The minimum atomic E-state index is -4.24. The lowest BCUT2D eigenvalue weighted by Crippen LogP contribution is -2.19. The average molecular weight is 214 g/mol. The van der Waals surface area contributed by atoms with Gasteiger partial charge in [-0.1, -0.05) is 13.8 Å². The van der Waals surface area contributed by atoms with Gasteiger partial charge < -0.3 is 9.47 Å². The minimum absolute atomic E-state index is 0.00238. The number of halogens is 3. The molecule has 2 nitrogen and oxygen atoms in total. The van der Waals surface area contributed by atoms with Crippen LogP contribution in [0.1, 0.15) is 20.3 Å². The Labute approximate surface area is 82.4 Å². The molecular formula is C9H17F3O2. The first-order valence-electron chi connectivity index (χ1n) is 4.64. The SMILES string of the molecule is CC(C)CCOCCOCC(F)(F)F. The van der Waals surface area contributed by atoms with E-state index in [0.29, 0.717) is 12.5 Å². The van der Waals surface area contributed by atoms with Gasteiger partial charge in [-0.05, 0) is 12.3 Å². The van der Waals surface area contributed by atoms with Crippen LogP contribution in [0.5, 0.6) is 0 Å². The molecule has 0 N–H and O–H groups in total. The Hall–Kier alpha value is -0.290. The summed E-state index contributed by atoms with van der Waals surface area (Å²) in [6.45, 7) is 3.72. The molecule has 0 fully saturated rings. The smallest absolute Gasteiger partial charge is 0.379 e. The third-order valence-corrected chi connectivity index (χ3v) is 1.48. The first-order chi connectivity index (χ1) is 6.42. The molecule has 0 aliphatic rings. The maximum Gasteiger partial charge on any atom is 0.411 e. The van der Waals surface area contributed by atoms with Crippen LogP contribution in [0.3, 0.4) is 0 Å². The van der Waals surface area contributed by atoms with Crippen molar-refractivity contribution >= 4 is 0 Å². The number of alkyl halides is 3. The number of ether oxygens (including phenoxy) is 2. The number of rotatable bonds is 7. The van der Waals surface area contributed by atoms with Gasteiger partial charge >= 0.3 is 6.18 Å². The Morgan fingerprint density at radius 1 is 1.00 bits per heavy atom. The molecule has 0 saturated carbocycles. The molecule has 0 saturated heterocycles. The van der Waals surface area contributed by atoms with Gasteiger partial charge in [0.05, 0.1) is 13.2 Å². The van der Waals surface area contributed by atoms with Crippen molar-refractivity contribution in [3.05, 3.63) is 0 Å². The highest BCUT2D eigenvalue weighted by atomic mass is 19.4. The van der Waals surface area contributed by atoms with E-state index >= 15 is 0 Å². The van der Waals surface area contributed by atoms with E-state index in [0.717, 1.165) is 6.42 Å². The lowest BCUT2D eigenvalue weighted by Gasteiger charge is -2.08. The van der Waals surface area contributed by atoms with E-state index in [1.165, 1.54) is 0 Å². The highest BCUT2D eigenvalue weighted by Crippen LogP contribution is 2.14. The summed E-state index contributed by atoms with van der Waals surface area (Å²) < 4.78 is 44.1. The van der Waals surface area contributed by atoms with E-state index in [-0.39, 0.29) is 13.2 Å². The third kappa shape index (κ3) is 11.7. The monoisotopic (exact) mass is 214 g/mol. The van der Waals surface area contributed by atoms with Crippen LogP contribution < -0.4 is 0 Å². The molecule has 0 aliphatic carbocycles. The maximum absolute atomic E-state index is 11.6. The van der Waals surface area contributed by atoms with E-state index in [1.54, 1.807) is 0 Å². The van der Waals surface area contributed by atoms with E-state index in [2.05, 4.69) is 18.6 Å². The molecule has 0 heterocycles. The maximum atomic E-state index is 11.6. The molecular weight excluding hydrogens is 197 g/mol. The molecule has 0 aromatic heterocycles. The van der Waals surface area contributed by atoms with E-state index in [4.69, 9.17) is 4.74 Å². The van der Waals surface area contributed by atoms with E-state index < -0.39 is 12.8 Å². The van der Waals surface area contributed by atoms with Crippen LogP contribution in [-0.2, 0) is 9.47 Å². The Balaban J connectivity index is 3.07. The van der Waals surface area contributed by atoms with Gasteiger partial charge in [-0.25, -0.2) is 0 Å². The molecule has 0 aliphatic heterocycles. The van der Waals surface area contributed by atoms with Crippen molar-refractivity contribution in [1.29, 1.82) is 0 Å². The van der Waals surface area contributed by atoms with Crippen LogP contribution >= 0.6 is 0 Å². The first kappa shape index (κ1) is 13.7. The molecule has 0 spiro atoms. The van der Waals surface area contributed by atoms with Crippen LogP contribution in [-0.4, -0.2) is 32.6 Å². The second-order valence-corrected chi connectivity index (χ2v) is 3.46. The summed E-state index contributed by atoms with van der Waals surface area (Å²) >= 11 is 0. The summed E-state index contributed by atoms with van der Waals surface area (Å²) in [6.07, 6.45) is -3.32. The van der Waals surface area contributed by atoms with Gasteiger partial charge in [0.2, 0.25) is 0 Å². The van der Waals surface area contributed by atoms with Crippen molar-refractivity contribution in [2.24, 2.45) is 5.92 Å². The molecule has 14 heavy (non-hydrogen) atoms. The molecule has 0 atom stereocenters. The van der Waals surface area contributed by atoms with Crippen LogP contribution in [0.2, 0.25) is 0 Å². The Bertz CT molecular complexity index is 135. The van der Waals surface area contributed by atoms with Gasteiger partial charge in [-0.15, -0.1) is 0 Å². The molecule has 0 amide bonds. The van der Waals surface area contributed by atoms with Crippen molar-refractivity contribution in [3.63, 3.8) is 0 Å². The zero-order valence-corrected chi connectivity index (χ0v) is 8.56. The Kier molecular flexibility index (Phi) is 6.92. The zero-order valence-electron chi connectivity index (χ0n) is 8.56. The highest BCUT2D eigenvalue weighted by Gasteiger charge is 2.27. The second kappa shape index (κ2) is 7.06. The van der Waals surface area contributed by atoms with Crippen LogP contribution in [0.4, 0.5) is 13.2 Å². The standard InChI is InChI=1S/C9H17F3O2/c1-8(2)3-4-13-5-6-14-7-9(10,11)12/h8H,3-7H2,1-2H3. The van der Waals surface area contributed by atoms with E-state index in [9.17, 15) is 13.2 Å². The van der Waals surface area contributed by atoms with Gasteiger partial charge in [0, 0.05) is 6.61 Å². The second-order valence-electron chi connectivity index (χ2n) is 3.46. The first-order valence-corrected chi connectivity index (χ1v) is 4.64. The van der Waals surface area contributed by atoms with Gasteiger partial charge in [-0.3, -0.25) is 0 Å². The predicted molar refractivity (Wildman–Crippen MR) is 47.1 cm³/mol. The predicted octanol–water partition coefficient (Wildman–Crippen LogP) is 2.63. The van der Waals surface area contributed by atoms with Crippen molar-refractivity contribution in [3.8, 4) is 0 Å². The highest BCUT2D eigenvalue weighted by molar-refractivity contribution is 4.46. The fraction of sp³-hybridized carbons (Fsp3) is 1.00. The molecule has 0 aromatic rings. The largest absolute Gasteiger partial charge is 0.411 e. The quantitative estimate of drug-likeness (QED) is 0.606. The van der Waals surface area contributed by atoms with Crippen LogP contribution in [0.25, 0.3) is 0 Å². The number of hydrogen-bond acceptors (Lipinski definition) is 2. The van der Waals surface area contributed by atoms with Gasteiger partial charge in [0.1, 0.15) is 6.61 Å².